The summed E-state index contributed by atoms with van der Waals surface area (Å²) in [5, 5.41) is 12.4. The van der Waals surface area contributed by atoms with Crippen molar-refractivity contribution in [1.29, 1.82) is 0 Å². The fourth-order valence-electron chi connectivity index (χ4n) is 1.35. The van der Waals surface area contributed by atoms with E-state index in [4.69, 9.17) is 0 Å². The zero-order chi connectivity index (χ0) is 8.72. The first-order valence-electron chi connectivity index (χ1n) is 3.59. The van der Waals surface area contributed by atoms with E-state index >= 15 is 0 Å². The van der Waals surface area contributed by atoms with Crippen LogP contribution in [-0.4, -0.2) is 11.7 Å². The number of rotatable bonds is 0. The van der Waals surface area contributed by atoms with Crippen molar-refractivity contribution < 1.29 is 9.50 Å². The molecule has 0 spiro atoms. The summed E-state index contributed by atoms with van der Waals surface area (Å²) in [4.78, 5) is 0. The molecule has 0 bridgehead atoms. The van der Waals surface area contributed by atoms with E-state index in [1.807, 2.05) is 0 Å². The Balaban J connectivity index is 2.60. The summed E-state index contributed by atoms with van der Waals surface area (Å²) < 4.78 is 13.5. The van der Waals surface area contributed by atoms with Crippen LogP contribution >= 0.6 is 15.9 Å². The van der Waals surface area contributed by atoms with E-state index in [-0.39, 0.29) is 5.82 Å². The average Bonchev–Trinajstić information content (AvgIpc) is 2.33. The Morgan fingerprint density at radius 1 is 1.58 bits per heavy atom. The van der Waals surface area contributed by atoms with Crippen LogP contribution in [0.25, 0.3) is 0 Å². The first-order chi connectivity index (χ1) is 5.68. The van der Waals surface area contributed by atoms with Crippen LogP contribution in [0.5, 0.6) is 0 Å². The second-order valence-corrected chi connectivity index (χ2v) is 3.60. The van der Waals surface area contributed by atoms with Gasteiger partial charge >= 0.3 is 0 Å². The van der Waals surface area contributed by atoms with Crippen molar-refractivity contribution >= 4 is 21.6 Å². The largest absolute Gasteiger partial charge is 0.386 e. The van der Waals surface area contributed by atoms with Crippen molar-refractivity contribution in [2.45, 2.75) is 6.10 Å². The number of hydrogen-bond acceptors (Lipinski definition) is 2. The molecule has 1 aliphatic rings. The van der Waals surface area contributed by atoms with Crippen LogP contribution < -0.4 is 5.32 Å². The number of hydrogen-bond donors (Lipinski definition) is 2. The van der Waals surface area contributed by atoms with Crippen molar-refractivity contribution in [3.8, 4) is 0 Å². The first-order valence-corrected chi connectivity index (χ1v) is 4.38. The van der Waals surface area contributed by atoms with E-state index in [1.54, 1.807) is 0 Å². The lowest BCUT2D eigenvalue weighted by Gasteiger charge is -2.03. The fraction of sp³-hybridized carbons (Fsp3) is 0.250. The smallest absolute Gasteiger partial charge is 0.124 e. The Labute approximate surface area is 77.5 Å². The standard InChI is InChI=1S/C8H7BrFNO/c9-6-2-4(10)1-5-7(12)3-11-8(5)6/h1-2,7,11-12H,3H2/t7-/m1/s1. The van der Waals surface area contributed by atoms with Crippen LogP contribution in [0.15, 0.2) is 16.6 Å². The quantitative estimate of drug-likeness (QED) is 0.717. The molecule has 2 N–H and O–H groups in total. The number of anilines is 1. The van der Waals surface area contributed by atoms with E-state index in [2.05, 4.69) is 21.2 Å². The Morgan fingerprint density at radius 3 is 3.08 bits per heavy atom. The summed E-state index contributed by atoms with van der Waals surface area (Å²) in [7, 11) is 0. The van der Waals surface area contributed by atoms with Crippen molar-refractivity contribution in [2.24, 2.45) is 0 Å². The Hall–Kier alpha value is -0.610. The van der Waals surface area contributed by atoms with Gasteiger partial charge in [0.15, 0.2) is 0 Å². The molecule has 1 aromatic carbocycles. The molecule has 1 heterocycles. The topological polar surface area (TPSA) is 32.3 Å². The molecule has 0 aromatic heterocycles. The molecule has 1 atom stereocenters. The van der Waals surface area contributed by atoms with Gasteiger partial charge in [-0.3, -0.25) is 0 Å². The van der Waals surface area contributed by atoms with Gasteiger partial charge in [0.1, 0.15) is 5.82 Å². The van der Waals surface area contributed by atoms with Gasteiger partial charge in [-0.15, -0.1) is 0 Å². The van der Waals surface area contributed by atoms with Gasteiger partial charge in [-0.2, -0.15) is 0 Å². The highest BCUT2D eigenvalue weighted by Gasteiger charge is 2.22. The summed E-state index contributed by atoms with van der Waals surface area (Å²) >= 11 is 3.21. The molecule has 0 radical (unpaired) electrons. The normalized spacial score (nSPS) is 20.4. The Bertz CT molecular complexity index is 329. The molecule has 2 nitrogen and oxygen atoms in total. The maximum atomic E-state index is 12.8. The molecule has 12 heavy (non-hydrogen) atoms. The van der Waals surface area contributed by atoms with Crippen molar-refractivity contribution in [3.63, 3.8) is 0 Å². The lowest BCUT2D eigenvalue weighted by Crippen LogP contribution is -1.99. The summed E-state index contributed by atoms with van der Waals surface area (Å²) in [6, 6.07) is 2.73. The number of fused-ring (bicyclic) bond motifs is 1. The third kappa shape index (κ3) is 1.11. The summed E-state index contributed by atoms with van der Waals surface area (Å²) in [5.41, 5.74) is 1.42. The molecule has 2 rings (SSSR count). The van der Waals surface area contributed by atoms with Gasteiger partial charge in [-0.25, -0.2) is 4.39 Å². The lowest BCUT2D eigenvalue weighted by atomic mass is 10.1. The highest BCUT2D eigenvalue weighted by molar-refractivity contribution is 9.10. The number of benzene rings is 1. The molecule has 4 heteroatoms. The molecule has 0 unspecified atom stereocenters. The molecule has 0 aliphatic carbocycles. The predicted molar refractivity (Wildman–Crippen MR) is 47.5 cm³/mol. The molecular formula is C8H7BrFNO. The van der Waals surface area contributed by atoms with Crippen LogP contribution in [0.2, 0.25) is 0 Å². The summed E-state index contributed by atoms with van der Waals surface area (Å²) in [5.74, 6) is -0.330. The monoisotopic (exact) mass is 231 g/mol. The van der Waals surface area contributed by atoms with Gasteiger partial charge < -0.3 is 10.4 Å². The van der Waals surface area contributed by atoms with Gasteiger partial charge in [0.25, 0.3) is 0 Å². The zero-order valence-corrected chi connectivity index (χ0v) is 7.73. The van der Waals surface area contributed by atoms with E-state index < -0.39 is 6.10 Å². The van der Waals surface area contributed by atoms with Crippen LogP contribution in [0.1, 0.15) is 11.7 Å². The van der Waals surface area contributed by atoms with Crippen molar-refractivity contribution in [3.05, 3.63) is 28.0 Å². The third-order valence-corrected chi connectivity index (χ3v) is 2.54. The Morgan fingerprint density at radius 2 is 2.33 bits per heavy atom. The van der Waals surface area contributed by atoms with Gasteiger partial charge in [0.2, 0.25) is 0 Å². The van der Waals surface area contributed by atoms with Crippen LogP contribution in [0.4, 0.5) is 10.1 Å². The number of β-amino-alcohol motifs (C(OH)–C–C–N with tert-alkyl or cyclic N) is 1. The molecule has 1 aliphatic heterocycles. The number of nitrogens with one attached hydrogen (secondary N) is 1. The highest BCUT2D eigenvalue weighted by atomic mass is 79.9. The number of aliphatic hydroxyl groups excluding tert-OH is 1. The summed E-state index contributed by atoms with van der Waals surface area (Å²) in [6.07, 6.45) is -0.591. The van der Waals surface area contributed by atoms with E-state index in [9.17, 15) is 9.50 Å². The molecular weight excluding hydrogens is 225 g/mol. The molecule has 64 valence electrons. The lowest BCUT2D eigenvalue weighted by molar-refractivity contribution is 0.199. The molecule has 0 amide bonds. The maximum Gasteiger partial charge on any atom is 0.124 e. The van der Waals surface area contributed by atoms with Gasteiger partial charge in [-0.1, -0.05) is 0 Å². The van der Waals surface area contributed by atoms with E-state index in [0.29, 0.717) is 16.6 Å². The first kappa shape index (κ1) is 8.01. The minimum Gasteiger partial charge on any atom is -0.386 e. The van der Waals surface area contributed by atoms with E-state index in [1.165, 1.54) is 12.1 Å². The highest BCUT2D eigenvalue weighted by Crippen LogP contribution is 2.36. The minimum absolute atomic E-state index is 0.330. The van der Waals surface area contributed by atoms with Gasteiger partial charge in [-0.05, 0) is 28.1 Å². The van der Waals surface area contributed by atoms with Crippen LogP contribution in [0, 0.1) is 5.82 Å². The second kappa shape index (κ2) is 2.71. The average molecular weight is 232 g/mol. The molecule has 0 fully saturated rings. The van der Waals surface area contributed by atoms with Crippen LogP contribution in [0.3, 0.4) is 0 Å². The number of halogens is 2. The minimum atomic E-state index is -0.591. The Kier molecular flexibility index (Phi) is 1.81. The SMILES string of the molecule is O[C@@H]1CNc2c(Br)cc(F)cc21. The fourth-order valence-corrected chi connectivity index (χ4v) is 1.94. The zero-order valence-electron chi connectivity index (χ0n) is 6.14. The maximum absolute atomic E-state index is 12.8. The molecule has 1 aromatic rings. The van der Waals surface area contributed by atoms with Gasteiger partial charge in [0.05, 0.1) is 11.8 Å². The molecule has 0 saturated carbocycles. The van der Waals surface area contributed by atoms with Crippen molar-refractivity contribution in [1.82, 2.24) is 0 Å². The summed E-state index contributed by atoms with van der Waals surface area (Å²) in [6.45, 7) is 0.456. The molecule has 0 saturated heterocycles. The number of aliphatic hydroxyl groups is 1. The van der Waals surface area contributed by atoms with Crippen LogP contribution in [-0.2, 0) is 0 Å². The van der Waals surface area contributed by atoms with E-state index in [0.717, 1.165) is 5.69 Å². The predicted octanol–water partition coefficient (Wildman–Crippen LogP) is 2.05. The third-order valence-electron chi connectivity index (χ3n) is 1.92. The second-order valence-electron chi connectivity index (χ2n) is 2.75. The van der Waals surface area contributed by atoms with Gasteiger partial charge in [0, 0.05) is 16.6 Å². The van der Waals surface area contributed by atoms with Crippen molar-refractivity contribution in [2.75, 3.05) is 11.9 Å².